The Morgan fingerprint density at radius 2 is 1.92 bits per heavy atom. The van der Waals surface area contributed by atoms with Gasteiger partial charge in [0.25, 0.3) is 0 Å². The Morgan fingerprint density at radius 1 is 1.27 bits per heavy atom. The normalized spacial score (nSPS) is 44.9. The van der Waals surface area contributed by atoms with Crippen LogP contribution >= 0.6 is 0 Å². The van der Waals surface area contributed by atoms with E-state index in [4.69, 9.17) is 4.74 Å². The highest BCUT2D eigenvalue weighted by molar-refractivity contribution is 5.80. The summed E-state index contributed by atoms with van der Waals surface area (Å²) >= 11 is 0. The van der Waals surface area contributed by atoms with Crippen molar-refractivity contribution in [1.29, 1.82) is 0 Å². The monoisotopic (exact) mass is 356 g/mol. The van der Waals surface area contributed by atoms with Crippen LogP contribution in [0.2, 0.25) is 0 Å². The maximum atomic E-state index is 11.3. The summed E-state index contributed by atoms with van der Waals surface area (Å²) in [7, 11) is 0. The summed E-state index contributed by atoms with van der Waals surface area (Å²) in [6.45, 7) is 15.4. The van der Waals surface area contributed by atoms with E-state index in [1.54, 1.807) is 0 Å². The summed E-state index contributed by atoms with van der Waals surface area (Å²) in [5.74, 6) is -0.646. The molecule has 0 radical (unpaired) electrons. The van der Waals surface area contributed by atoms with Crippen LogP contribution in [-0.2, 0) is 9.53 Å². The predicted octanol–water partition coefficient (Wildman–Crippen LogP) is 5.31. The van der Waals surface area contributed by atoms with E-state index in [2.05, 4.69) is 66.7 Å². The quantitative estimate of drug-likeness (QED) is 0.549. The van der Waals surface area contributed by atoms with Gasteiger partial charge in [0.1, 0.15) is 0 Å². The predicted molar refractivity (Wildman–Crippen MR) is 105 cm³/mol. The summed E-state index contributed by atoms with van der Waals surface area (Å²) < 4.78 is 6.66. The maximum absolute atomic E-state index is 11.3. The molecule has 6 atom stereocenters. The molecule has 0 spiro atoms. The third-order valence-corrected chi connectivity index (χ3v) is 7.57. The van der Waals surface area contributed by atoms with Crippen molar-refractivity contribution in [2.75, 3.05) is 0 Å². The average Bonchev–Trinajstić information content (AvgIpc) is 2.93. The lowest BCUT2D eigenvalue weighted by Crippen LogP contribution is -2.52. The number of allylic oxidation sites excluding steroid dienone is 4. The van der Waals surface area contributed by atoms with Crippen LogP contribution in [-0.4, -0.2) is 23.3 Å². The molecule has 0 aromatic rings. The largest absolute Gasteiger partial charge is 0.478 e. The first-order valence-electron chi connectivity index (χ1n) is 9.66. The molecule has 26 heavy (non-hydrogen) atoms. The van der Waals surface area contributed by atoms with Crippen molar-refractivity contribution in [3.8, 4) is 0 Å². The van der Waals surface area contributed by atoms with Crippen molar-refractivity contribution in [3.05, 3.63) is 47.1 Å². The molecule has 1 saturated heterocycles. The lowest BCUT2D eigenvalue weighted by Gasteiger charge is -2.53. The molecule has 0 aromatic carbocycles. The number of hydrogen-bond acceptors (Lipinski definition) is 2. The molecule has 142 valence electrons. The lowest BCUT2D eigenvalue weighted by atomic mass is 9.49. The number of carbonyl (C=O) groups is 1. The van der Waals surface area contributed by atoms with Crippen molar-refractivity contribution >= 4 is 5.97 Å². The first kappa shape index (κ1) is 19.2. The van der Waals surface area contributed by atoms with Gasteiger partial charge in [0, 0.05) is 28.2 Å². The molecule has 3 heteroatoms. The molecule has 0 saturated carbocycles. The van der Waals surface area contributed by atoms with Crippen molar-refractivity contribution in [3.63, 3.8) is 0 Å². The van der Waals surface area contributed by atoms with Crippen LogP contribution < -0.4 is 0 Å². The van der Waals surface area contributed by atoms with Gasteiger partial charge in [0.2, 0.25) is 0 Å². The molecular weight excluding hydrogens is 324 g/mol. The topological polar surface area (TPSA) is 46.5 Å². The smallest absolute Gasteiger partial charge is 0.328 e. The number of ether oxygens (including phenoxy) is 1. The molecule has 3 rings (SSSR count). The average molecular weight is 357 g/mol. The van der Waals surface area contributed by atoms with Crippen LogP contribution in [0.5, 0.6) is 0 Å². The molecule has 0 amide bonds. The van der Waals surface area contributed by atoms with Gasteiger partial charge in [0.15, 0.2) is 0 Å². The van der Waals surface area contributed by atoms with Gasteiger partial charge in [-0.15, -0.1) is 0 Å². The van der Waals surface area contributed by atoms with Gasteiger partial charge in [-0.2, -0.15) is 0 Å². The van der Waals surface area contributed by atoms with E-state index >= 15 is 0 Å². The molecular formula is C23H32O3. The minimum absolute atomic E-state index is 0.0573. The molecule has 3 aliphatic rings. The Hall–Kier alpha value is -1.61. The van der Waals surface area contributed by atoms with Gasteiger partial charge in [-0.05, 0) is 45.3 Å². The first-order chi connectivity index (χ1) is 12.1. The standard InChI is InChI=1S/C23H32O3/c1-8-14(3)19-21(6)12-15(4)18-22(21,7)20(26-19)16(5)13-23(18,9-2)11-10-17(24)25/h8,10-13,18-20H,9H2,1-7H3,(H,24,25)/b11-10+,14-8+/t18-,19-,20?,21-,22+,23?/m1/s1. The van der Waals surface area contributed by atoms with Crippen molar-refractivity contribution in [1.82, 2.24) is 0 Å². The molecule has 0 bridgehead atoms. The van der Waals surface area contributed by atoms with E-state index in [1.165, 1.54) is 22.8 Å². The Bertz CT molecular complexity index is 755. The SMILES string of the molecule is C/C=C(\C)[C@H]1OC2C(C)=CC(/C=C/C(=O)O)(CC)[C@@H]3C(C)=C[C@@]1(C)[C@]23C. The summed E-state index contributed by atoms with van der Waals surface area (Å²) in [5, 5.41) is 9.25. The van der Waals surface area contributed by atoms with Crippen molar-refractivity contribution < 1.29 is 14.6 Å². The van der Waals surface area contributed by atoms with Gasteiger partial charge >= 0.3 is 5.97 Å². The zero-order valence-electron chi connectivity index (χ0n) is 17.1. The first-order valence-corrected chi connectivity index (χ1v) is 9.66. The van der Waals surface area contributed by atoms with Gasteiger partial charge in [-0.1, -0.05) is 50.6 Å². The molecule has 0 aromatic heterocycles. The molecule has 3 nitrogen and oxygen atoms in total. The van der Waals surface area contributed by atoms with E-state index in [1.807, 2.05) is 6.08 Å². The number of carboxylic acid groups (broad SMARTS) is 1. The Morgan fingerprint density at radius 3 is 2.46 bits per heavy atom. The molecule has 1 heterocycles. The van der Waals surface area contributed by atoms with E-state index in [0.717, 1.165) is 6.42 Å². The van der Waals surface area contributed by atoms with Crippen LogP contribution in [0.4, 0.5) is 0 Å². The maximum Gasteiger partial charge on any atom is 0.328 e. The second kappa shape index (κ2) is 5.95. The fraction of sp³-hybridized carbons (Fsp3) is 0.609. The summed E-state index contributed by atoms with van der Waals surface area (Å²) in [6, 6.07) is 0. The molecule has 2 unspecified atom stereocenters. The minimum atomic E-state index is -0.885. The Balaban J connectivity index is 2.24. The van der Waals surface area contributed by atoms with Crippen molar-refractivity contribution in [2.45, 2.75) is 67.1 Å². The highest BCUT2D eigenvalue weighted by Crippen LogP contribution is 2.72. The van der Waals surface area contributed by atoms with Gasteiger partial charge < -0.3 is 9.84 Å². The van der Waals surface area contributed by atoms with Crippen LogP contribution in [0.1, 0.15) is 54.9 Å². The second-order valence-electron chi connectivity index (χ2n) is 8.84. The highest BCUT2D eigenvalue weighted by atomic mass is 16.5. The summed E-state index contributed by atoms with van der Waals surface area (Å²) in [5.41, 5.74) is 3.37. The molecule has 2 aliphatic carbocycles. The van der Waals surface area contributed by atoms with Crippen LogP contribution in [0.15, 0.2) is 47.1 Å². The number of rotatable bonds is 4. The number of hydrogen-bond donors (Lipinski definition) is 1. The fourth-order valence-corrected chi connectivity index (χ4v) is 6.38. The van der Waals surface area contributed by atoms with E-state index in [9.17, 15) is 9.90 Å². The fourth-order valence-electron chi connectivity index (χ4n) is 6.38. The summed E-state index contributed by atoms with van der Waals surface area (Å²) in [6.07, 6.45) is 11.1. The van der Waals surface area contributed by atoms with Crippen LogP contribution in [0.25, 0.3) is 0 Å². The van der Waals surface area contributed by atoms with Gasteiger partial charge in [0.05, 0.1) is 12.2 Å². The van der Waals surface area contributed by atoms with E-state index < -0.39 is 5.97 Å². The van der Waals surface area contributed by atoms with E-state index in [0.29, 0.717) is 0 Å². The van der Waals surface area contributed by atoms with E-state index in [-0.39, 0.29) is 34.4 Å². The minimum Gasteiger partial charge on any atom is -0.478 e. The molecule has 1 N–H and O–H groups in total. The Labute approximate surface area is 157 Å². The zero-order chi connectivity index (χ0) is 19.5. The van der Waals surface area contributed by atoms with Gasteiger partial charge in [-0.3, -0.25) is 0 Å². The third kappa shape index (κ3) is 2.19. The second-order valence-corrected chi connectivity index (χ2v) is 8.84. The lowest BCUT2D eigenvalue weighted by molar-refractivity contribution is -0.131. The molecule has 1 aliphatic heterocycles. The Kier molecular flexibility index (Phi) is 4.39. The summed E-state index contributed by atoms with van der Waals surface area (Å²) in [4.78, 5) is 11.3. The zero-order valence-corrected chi connectivity index (χ0v) is 17.1. The van der Waals surface area contributed by atoms with Crippen LogP contribution in [0, 0.1) is 22.2 Å². The number of carboxylic acids is 1. The van der Waals surface area contributed by atoms with Crippen LogP contribution in [0.3, 0.4) is 0 Å². The van der Waals surface area contributed by atoms with Crippen molar-refractivity contribution in [2.24, 2.45) is 22.2 Å². The molecule has 1 fully saturated rings. The van der Waals surface area contributed by atoms with Gasteiger partial charge in [-0.25, -0.2) is 4.79 Å². The number of aliphatic carboxylic acids is 1. The third-order valence-electron chi connectivity index (χ3n) is 7.57. The highest BCUT2D eigenvalue weighted by Gasteiger charge is 2.71.